The van der Waals surface area contributed by atoms with E-state index in [0.29, 0.717) is 0 Å². The number of furan rings is 1. The van der Waals surface area contributed by atoms with Crippen LogP contribution in [0.1, 0.15) is 119 Å². The average Bonchev–Trinajstić information content (AvgIpc) is 3.95. The molecular formula is C71H70BN3O. The molecule has 2 aromatic heterocycles. The van der Waals surface area contributed by atoms with Crippen molar-refractivity contribution in [1.82, 2.24) is 4.57 Å². The molecule has 2 aliphatic rings. The third kappa shape index (κ3) is 7.55. The molecule has 10 aromatic rings. The van der Waals surface area contributed by atoms with E-state index in [1.54, 1.807) is 0 Å². The molecule has 0 saturated heterocycles. The van der Waals surface area contributed by atoms with Crippen molar-refractivity contribution in [2.24, 2.45) is 0 Å². The van der Waals surface area contributed by atoms with Gasteiger partial charge in [-0.2, -0.15) is 0 Å². The molecule has 0 spiro atoms. The van der Waals surface area contributed by atoms with Crippen molar-refractivity contribution in [3.8, 4) is 16.8 Å². The number of fused-ring (bicyclic) bond motifs is 8. The predicted molar refractivity (Wildman–Crippen MR) is 330 cm³/mol. The molecule has 5 heteroatoms. The minimum atomic E-state index is -0.183. The van der Waals surface area contributed by atoms with Crippen LogP contribution < -0.4 is 26.2 Å². The van der Waals surface area contributed by atoms with Gasteiger partial charge in [0.25, 0.3) is 6.71 Å². The van der Waals surface area contributed by atoms with Gasteiger partial charge in [0.2, 0.25) is 0 Å². The normalized spacial score (nSPS) is 13.6. The largest absolute Gasteiger partial charge is 0.455 e. The summed E-state index contributed by atoms with van der Waals surface area (Å²) in [7, 11) is 0. The Kier molecular flexibility index (Phi) is 11.2. The predicted octanol–water partition coefficient (Wildman–Crippen LogP) is 18.1. The lowest BCUT2D eigenvalue weighted by Gasteiger charge is -2.46. The third-order valence-corrected chi connectivity index (χ3v) is 16.5. The van der Waals surface area contributed by atoms with Crippen LogP contribution in [-0.4, -0.2) is 11.3 Å². The van der Waals surface area contributed by atoms with Gasteiger partial charge >= 0.3 is 0 Å². The van der Waals surface area contributed by atoms with Crippen LogP contribution in [0, 0.1) is 27.7 Å². The number of anilines is 6. The van der Waals surface area contributed by atoms with Gasteiger partial charge in [-0.15, -0.1) is 0 Å². The van der Waals surface area contributed by atoms with Crippen LogP contribution in [0.5, 0.6) is 0 Å². The van der Waals surface area contributed by atoms with E-state index in [4.69, 9.17) is 4.42 Å². The first-order valence-electron chi connectivity index (χ1n) is 27.3. The number of para-hydroxylation sites is 3. The van der Waals surface area contributed by atoms with Crippen molar-refractivity contribution < 1.29 is 4.42 Å². The number of benzene rings is 8. The van der Waals surface area contributed by atoms with Gasteiger partial charge in [0.05, 0.1) is 22.6 Å². The average molecular weight is 992 g/mol. The molecule has 4 heterocycles. The Balaban J connectivity index is 1.21. The maximum absolute atomic E-state index is 6.67. The quantitative estimate of drug-likeness (QED) is 0.155. The monoisotopic (exact) mass is 992 g/mol. The topological polar surface area (TPSA) is 24.6 Å². The number of hydrogen-bond donors (Lipinski definition) is 0. The lowest BCUT2D eigenvalue weighted by Crippen LogP contribution is -2.61. The van der Waals surface area contributed by atoms with Gasteiger partial charge in [-0.3, -0.25) is 0 Å². The molecule has 0 N–H and O–H groups in total. The van der Waals surface area contributed by atoms with Crippen molar-refractivity contribution in [3.63, 3.8) is 0 Å². The van der Waals surface area contributed by atoms with E-state index in [2.05, 4.69) is 270 Å². The Labute approximate surface area is 451 Å². The Bertz CT molecular complexity index is 4040. The zero-order valence-corrected chi connectivity index (χ0v) is 47.0. The molecule has 0 aliphatic carbocycles. The Morgan fingerprint density at radius 1 is 0.513 bits per heavy atom. The molecule has 2 aliphatic heterocycles. The molecule has 0 radical (unpaired) electrons. The highest BCUT2D eigenvalue weighted by Crippen LogP contribution is 2.51. The summed E-state index contributed by atoms with van der Waals surface area (Å²) < 4.78 is 9.08. The van der Waals surface area contributed by atoms with Crippen LogP contribution in [0.4, 0.5) is 34.1 Å². The lowest BCUT2D eigenvalue weighted by atomic mass is 9.33. The molecule has 0 unspecified atom stereocenters. The number of nitrogens with zero attached hydrogens (tertiary/aromatic N) is 3. The van der Waals surface area contributed by atoms with Crippen LogP contribution in [0.2, 0.25) is 0 Å². The molecule has 0 bridgehead atoms. The highest BCUT2D eigenvalue weighted by atomic mass is 16.3. The second kappa shape index (κ2) is 17.4. The van der Waals surface area contributed by atoms with E-state index in [9.17, 15) is 0 Å². The smallest absolute Gasteiger partial charge is 0.252 e. The highest BCUT2D eigenvalue weighted by molar-refractivity contribution is 7.00. The fraction of sp³-hybridized carbons (Fsp3) is 0.239. The van der Waals surface area contributed by atoms with Crippen LogP contribution in [0.25, 0.3) is 61.8 Å². The van der Waals surface area contributed by atoms with Gasteiger partial charge < -0.3 is 18.8 Å². The molecule has 8 aromatic carbocycles. The standard InChI is InChI=1S/C71H70BN3O/c1-16-24-52-55-40-57-61(41-59(55)73(58(52)17-2)50-25-19-18-20-26-50)75(67-44(5)35-48(36-45(67)6)70(10,11)12)63-39-49(71(13,14)15)38-62-65(63)72(57)56-32-31-47(69(7,8)9)37-60(56)74(62)66-42(3)33-46(34-43(66)4)51-28-23-29-54-53-27-21-22-30-64(53)76-68(51)54/h16-41H,2H2,1,3-15H3/b24-16-. The minimum absolute atomic E-state index is 0.0167. The van der Waals surface area contributed by atoms with Crippen LogP contribution in [0.3, 0.4) is 0 Å². The first-order chi connectivity index (χ1) is 36.2. The van der Waals surface area contributed by atoms with Crippen molar-refractivity contribution in [2.45, 2.75) is 113 Å². The van der Waals surface area contributed by atoms with Crippen LogP contribution >= 0.6 is 0 Å². The number of aryl methyl sites for hydroxylation is 4. The Hall–Kier alpha value is -7.76. The van der Waals surface area contributed by atoms with Crippen LogP contribution in [0.15, 0.2) is 157 Å². The van der Waals surface area contributed by atoms with E-state index in [0.717, 1.165) is 50.0 Å². The second-order valence-corrected chi connectivity index (χ2v) is 24.9. The van der Waals surface area contributed by atoms with Crippen molar-refractivity contribution >= 4 is 102 Å². The fourth-order valence-electron chi connectivity index (χ4n) is 12.8. The summed E-state index contributed by atoms with van der Waals surface area (Å²) >= 11 is 0. The first-order valence-corrected chi connectivity index (χ1v) is 27.3. The van der Waals surface area contributed by atoms with Crippen molar-refractivity contribution in [1.29, 1.82) is 0 Å². The minimum Gasteiger partial charge on any atom is -0.455 e. The van der Waals surface area contributed by atoms with Gasteiger partial charge in [-0.05, 0) is 172 Å². The van der Waals surface area contributed by atoms with E-state index in [-0.39, 0.29) is 23.0 Å². The summed E-state index contributed by atoms with van der Waals surface area (Å²) in [6.45, 7) is 36.9. The molecule has 0 saturated carbocycles. The molecule has 0 fully saturated rings. The molecule has 76 heavy (non-hydrogen) atoms. The maximum atomic E-state index is 6.67. The van der Waals surface area contributed by atoms with Gasteiger partial charge in [-0.1, -0.05) is 166 Å². The Morgan fingerprint density at radius 2 is 1.07 bits per heavy atom. The van der Waals surface area contributed by atoms with E-state index in [1.807, 2.05) is 6.08 Å². The molecule has 378 valence electrons. The summed E-state index contributed by atoms with van der Waals surface area (Å²) in [6.07, 6.45) is 6.48. The molecule has 4 nitrogen and oxygen atoms in total. The number of allylic oxidation sites excluding steroid dienone is 1. The van der Waals surface area contributed by atoms with Gasteiger partial charge in [-0.25, -0.2) is 0 Å². The summed E-state index contributed by atoms with van der Waals surface area (Å²) in [4.78, 5) is 5.31. The SMILES string of the molecule is C=Cc1c(/C=C\C)c2cc3c(cc2n1-c1ccccc1)N(c1c(C)cc(C(C)(C)C)cc1C)c1cc(C(C)(C)C)cc2c1B3c1ccc(C(C)(C)C)cc1N2c1c(C)cc(-c2cccc3c2oc2ccccc23)cc1C. The van der Waals surface area contributed by atoms with Gasteiger partial charge in [0.1, 0.15) is 11.2 Å². The zero-order valence-electron chi connectivity index (χ0n) is 47.0. The fourth-order valence-corrected chi connectivity index (χ4v) is 12.8. The van der Waals surface area contributed by atoms with Crippen LogP contribution in [-0.2, 0) is 16.2 Å². The van der Waals surface area contributed by atoms with Gasteiger partial charge in [0, 0.05) is 55.7 Å². The zero-order chi connectivity index (χ0) is 53.5. The highest BCUT2D eigenvalue weighted by Gasteiger charge is 2.46. The number of rotatable bonds is 6. The second-order valence-electron chi connectivity index (χ2n) is 24.9. The van der Waals surface area contributed by atoms with E-state index >= 15 is 0 Å². The Morgan fingerprint density at radius 3 is 1.67 bits per heavy atom. The van der Waals surface area contributed by atoms with Crippen molar-refractivity contribution in [2.75, 3.05) is 9.80 Å². The number of aromatic nitrogens is 1. The molecule has 0 amide bonds. The summed E-state index contributed by atoms with van der Waals surface area (Å²) in [5.74, 6) is 0. The maximum Gasteiger partial charge on any atom is 0.252 e. The van der Waals surface area contributed by atoms with Crippen molar-refractivity contribution in [3.05, 3.63) is 202 Å². The molecular weight excluding hydrogens is 922 g/mol. The lowest BCUT2D eigenvalue weighted by molar-refractivity contribution is 0.589. The molecule has 0 atom stereocenters. The third-order valence-electron chi connectivity index (χ3n) is 16.5. The van der Waals surface area contributed by atoms with E-state index < -0.39 is 0 Å². The number of hydrogen-bond acceptors (Lipinski definition) is 3. The first kappa shape index (κ1) is 49.1. The molecule has 12 rings (SSSR count). The van der Waals surface area contributed by atoms with Gasteiger partial charge in [0.15, 0.2) is 0 Å². The summed E-state index contributed by atoms with van der Waals surface area (Å²) in [5.41, 5.74) is 28.4. The summed E-state index contributed by atoms with van der Waals surface area (Å²) in [5, 5.41) is 3.49. The summed E-state index contributed by atoms with van der Waals surface area (Å²) in [6, 6.07) is 52.9. The van der Waals surface area contributed by atoms with E-state index in [1.165, 1.54) is 100 Å².